The molecule has 2 nitrogen and oxygen atoms in total. The van der Waals surface area contributed by atoms with Crippen LogP contribution in [0.25, 0.3) is 0 Å². The van der Waals surface area contributed by atoms with Gasteiger partial charge in [0.05, 0.1) is 6.61 Å². The normalized spacial score (nSPS) is 10.2. The van der Waals surface area contributed by atoms with E-state index >= 15 is 0 Å². The molecular formula is C9H11IO2. The van der Waals surface area contributed by atoms with Crippen LogP contribution in [0.2, 0.25) is 0 Å². The van der Waals surface area contributed by atoms with Crippen LogP contribution in [-0.2, 0) is 16.1 Å². The summed E-state index contributed by atoms with van der Waals surface area (Å²) in [6, 6.07) is 5.51. The molecule has 1 aromatic carbocycles. The van der Waals surface area contributed by atoms with E-state index in [2.05, 4.69) is 0 Å². The maximum atomic E-state index is 9.46. The molecule has 0 aromatic heterocycles. The van der Waals surface area contributed by atoms with Gasteiger partial charge in [0.1, 0.15) is 28.8 Å². The summed E-state index contributed by atoms with van der Waals surface area (Å²) in [5, 5.41) is 9.46. The summed E-state index contributed by atoms with van der Waals surface area (Å²) in [7, 11) is 0. The fraction of sp³-hybridized carbons (Fsp3) is 0.333. The minimum atomic E-state index is 0.364. The van der Waals surface area contributed by atoms with Crippen molar-refractivity contribution < 1.29 is 8.17 Å². The molecule has 0 saturated heterocycles. The van der Waals surface area contributed by atoms with Crippen LogP contribution in [0, 0.1) is 0 Å². The van der Waals surface area contributed by atoms with Gasteiger partial charge in [0.2, 0.25) is 0 Å². The molecule has 0 atom stereocenters. The molecule has 0 spiro atoms. The molecule has 12 heavy (non-hydrogen) atoms. The summed E-state index contributed by atoms with van der Waals surface area (Å²) in [4.78, 5) is 0. The summed E-state index contributed by atoms with van der Waals surface area (Å²) in [6.07, 6.45) is 0.835. The van der Waals surface area contributed by atoms with Crippen LogP contribution in [0.3, 0.4) is 0 Å². The van der Waals surface area contributed by atoms with E-state index in [1.54, 1.807) is 6.07 Å². The number of halogens is 1. The van der Waals surface area contributed by atoms with Crippen molar-refractivity contribution in [3.05, 3.63) is 29.3 Å². The van der Waals surface area contributed by atoms with Gasteiger partial charge in [-0.3, -0.25) is 0 Å². The Bertz CT molecular complexity index is 261. The predicted molar refractivity (Wildman–Crippen MR) is 56.3 cm³/mol. The largest absolute Gasteiger partial charge is 0.508 e. The predicted octanol–water partition coefficient (Wildman–Crippen LogP) is 2.82. The van der Waals surface area contributed by atoms with Gasteiger partial charge in [0.25, 0.3) is 0 Å². The van der Waals surface area contributed by atoms with Gasteiger partial charge < -0.3 is 8.17 Å². The highest BCUT2D eigenvalue weighted by molar-refractivity contribution is 14.1. The highest BCUT2D eigenvalue weighted by atomic mass is 127. The lowest BCUT2D eigenvalue weighted by Crippen LogP contribution is -1.92. The first kappa shape index (κ1) is 9.80. The SMILES string of the molecule is CCc1c(O)cccc1COI. The topological polar surface area (TPSA) is 29.5 Å². The zero-order valence-electron chi connectivity index (χ0n) is 6.88. The first-order valence-electron chi connectivity index (χ1n) is 3.82. The standard InChI is InChI=1S/C9H11IO2/c1-2-8-7(6-12-10)4-3-5-9(8)11/h3-5,11H,2,6H2,1H3. The fourth-order valence-electron chi connectivity index (χ4n) is 1.22. The number of phenolic OH excluding ortho intramolecular Hbond substituents is 1. The Morgan fingerprint density at radius 3 is 2.83 bits per heavy atom. The molecule has 1 aromatic rings. The number of aromatic hydroxyl groups is 1. The second-order valence-electron chi connectivity index (χ2n) is 2.52. The molecular weight excluding hydrogens is 267 g/mol. The third-order valence-electron chi connectivity index (χ3n) is 1.81. The molecule has 1 rings (SSSR count). The summed E-state index contributed by atoms with van der Waals surface area (Å²) in [6.45, 7) is 2.57. The van der Waals surface area contributed by atoms with Gasteiger partial charge in [0.15, 0.2) is 0 Å². The second-order valence-corrected chi connectivity index (χ2v) is 3.14. The molecule has 0 saturated carbocycles. The van der Waals surface area contributed by atoms with Crippen LogP contribution in [0.5, 0.6) is 5.75 Å². The Morgan fingerprint density at radius 1 is 1.50 bits per heavy atom. The average molecular weight is 278 g/mol. The number of hydrogen-bond acceptors (Lipinski definition) is 2. The Labute approximate surface area is 86.2 Å². The van der Waals surface area contributed by atoms with Crippen LogP contribution < -0.4 is 0 Å². The molecule has 3 heteroatoms. The van der Waals surface area contributed by atoms with Crippen molar-refractivity contribution in [2.24, 2.45) is 0 Å². The van der Waals surface area contributed by atoms with Crippen molar-refractivity contribution in [2.45, 2.75) is 20.0 Å². The second kappa shape index (κ2) is 4.67. The summed E-state index contributed by atoms with van der Waals surface area (Å²) < 4.78 is 4.98. The maximum absolute atomic E-state index is 9.46. The summed E-state index contributed by atoms with van der Waals surface area (Å²) in [5.41, 5.74) is 2.04. The molecule has 0 aliphatic heterocycles. The van der Waals surface area contributed by atoms with Gasteiger partial charge in [-0.2, -0.15) is 0 Å². The van der Waals surface area contributed by atoms with Gasteiger partial charge in [-0.15, -0.1) is 0 Å². The maximum Gasteiger partial charge on any atom is 0.119 e. The highest BCUT2D eigenvalue weighted by Gasteiger charge is 2.04. The highest BCUT2D eigenvalue weighted by Crippen LogP contribution is 2.22. The number of hydrogen-bond donors (Lipinski definition) is 1. The van der Waals surface area contributed by atoms with E-state index in [1.807, 2.05) is 42.1 Å². The lowest BCUT2D eigenvalue weighted by atomic mass is 10.1. The van der Waals surface area contributed by atoms with E-state index in [0.717, 1.165) is 17.5 Å². The molecule has 0 radical (unpaired) electrons. The third-order valence-corrected chi connectivity index (χ3v) is 2.12. The van der Waals surface area contributed by atoms with Gasteiger partial charge >= 0.3 is 0 Å². The smallest absolute Gasteiger partial charge is 0.119 e. The van der Waals surface area contributed by atoms with Crippen LogP contribution in [-0.4, -0.2) is 5.11 Å². The number of benzene rings is 1. The molecule has 0 heterocycles. The first-order chi connectivity index (χ1) is 5.79. The zero-order chi connectivity index (χ0) is 8.97. The lowest BCUT2D eigenvalue weighted by Gasteiger charge is -2.07. The van der Waals surface area contributed by atoms with Gasteiger partial charge in [0, 0.05) is 0 Å². The van der Waals surface area contributed by atoms with E-state index in [0.29, 0.717) is 12.4 Å². The third kappa shape index (κ3) is 2.10. The molecule has 66 valence electrons. The minimum absolute atomic E-state index is 0.364. The molecule has 0 bridgehead atoms. The molecule has 0 aliphatic carbocycles. The van der Waals surface area contributed by atoms with Crippen molar-refractivity contribution in [3.63, 3.8) is 0 Å². The van der Waals surface area contributed by atoms with Gasteiger partial charge in [-0.25, -0.2) is 0 Å². The quantitative estimate of drug-likeness (QED) is 0.861. The number of rotatable bonds is 3. The summed E-state index contributed by atoms with van der Waals surface area (Å²) >= 11 is 1.85. The first-order valence-corrected chi connectivity index (χ1v) is 4.71. The van der Waals surface area contributed by atoms with Crippen LogP contribution in [0.15, 0.2) is 18.2 Å². The Kier molecular flexibility index (Phi) is 3.81. The Hall–Kier alpha value is -0.290. The fourth-order valence-corrected chi connectivity index (χ4v) is 1.56. The van der Waals surface area contributed by atoms with Crippen molar-refractivity contribution in [1.29, 1.82) is 0 Å². The minimum Gasteiger partial charge on any atom is -0.508 e. The van der Waals surface area contributed by atoms with E-state index in [-0.39, 0.29) is 0 Å². The van der Waals surface area contributed by atoms with Gasteiger partial charge in [-0.1, -0.05) is 19.1 Å². The monoisotopic (exact) mass is 278 g/mol. The number of phenols is 1. The van der Waals surface area contributed by atoms with Crippen molar-refractivity contribution >= 4 is 23.0 Å². The van der Waals surface area contributed by atoms with Crippen LogP contribution >= 0.6 is 23.0 Å². The average Bonchev–Trinajstić information content (AvgIpc) is 2.05. The Morgan fingerprint density at radius 2 is 2.25 bits per heavy atom. The molecule has 0 fully saturated rings. The lowest BCUT2D eigenvalue weighted by molar-refractivity contribution is 0.411. The van der Waals surface area contributed by atoms with E-state index < -0.39 is 0 Å². The van der Waals surface area contributed by atoms with Crippen molar-refractivity contribution in [1.82, 2.24) is 0 Å². The zero-order valence-corrected chi connectivity index (χ0v) is 9.04. The van der Waals surface area contributed by atoms with Crippen molar-refractivity contribution in [2.75, 3.05) is 0 Å². The van der Waals surface area contributed by atoms with Gasteiger partial charge in [-0.05, 0) is 23.6 Å². The van der Waals surface area contributed by atoms with Crippen molar-refractivity contribution in [3.8, 4) is 5.75 Å². The van der Waals surface area contributed by atoms with Crippen LogP contribution in [0.1, 0.15) is 18.1 Å². The van der Waals surface area contributed by atoms with E-state index in [4.69, 9.17) is 3.07 Å². The molecule has 0 unspecified atom stereocenters. The molecule has 0 aliphatic rings. The van der Waals surface area contributed by atoms with E-state index in [9.17, 15) is 5.11 Å². The Balaban J connectivity index is 3.00. The van der Waals surface area contributed by atoms with Crippen LogP contribution in [0.4, 0.5) is 0 Å². The molecule has 1 N–H and O–H groups in total. The summed E-state index contributed by atoms with van der Waals surface area (Å²) in [5.74, 6) is 0.364. The van der Waals surface area contributed by atoms with E-state index in [1.165, 1.54) is 0 Å². The molecule has 0 amide bonds.